The molecule has 0 aliphatic heterocycles. The van der Waals surface area contributed by atoms with Gasteiger partial charge in [-0.05, 0) is 24.6 Å². The molecule has 1 aromatic carbocycles. The summed E-state index contributed by atoms with van der Waals surface area (Å²) in [6, 6.07) is 3.93. The van der Waals surface area contributed by atoms with E-state index in [9.17, 15) is 18.0 Å². The van der Waals surface area contributed by atoms with Gasteiger partial charge in [-0.2, -0.15) is 5.26 Å². The van der Waals surface area contributed by atoms with Gasteiger partial charge in [0, 0.05) is 5.56 Å². The van der Waals surface area contributed by atoms with Crippen LogP contribution in [0.3, 0.4) is 0 Å². The first-order valence-electron chi connectivity index (χ1n) is 5.84. The zero-order chi connectivity index (χ0) is 16.0. The van der Waals surface area contributed by atoms with Crippen LogP contribution in [-0.2, 0) is 21.8 Å². The SMILES string of the molecule is CCOC(=O)Cc1cc(C#N)cc(OC(F)(F)F)c1CCl. The van der Waals surface area contributed by atoms with Crippen molar-refractivity contribution in [3.05, 3.63) is 28.8 Å². The number of nitrogens with zero attached hydrogens (tertiary/aromatic N) is 1. The number of carbonyl (C=O) groups is 1. The summed E-state index contributed by atoms with van der Waals surface area (Å²) in [5.41, 5.74) is 0.102. The third-order valence-electron chi connectivity index (χ3n) is 2.43. The largest absolute Gasteiger partial charge is 0.573 e. The van der Waals surface area contributed by atoms with Crippen LogP contribution in [0.5, 0.6) is 5.75 Å². The number of halogens is 4. The minimum Gasteiger partial charge on any atom is -0.466 e. The zero-order valence-corrected chi connectivity index (χ0v) is 11.7. The van der Waals surface area contributed by atoms with Crippen molar-refractivity contribution in [3.63, 3.8) is 0 Å². The molecule has 0 saturated carbocycles. The number of hydrogen-bond donors (Lipinski definition) is 0. The highest BCUT2D eigenvalue weighted by Gasteiger charge is 2.33. The average Bonchev–Trinajstić information content (AvgIpc) is 2.36. The zero-order valence-electron chi connectivity index (χ0n) is 11.0. The first kappa shape index (κ1) is 17.1. The van der Waals surface area contributed by atoms with Crippen LogP contribution in [0.2, 0.25) is 0 Å². The fourth-order valence-corrected chi connectivity index (χ4v) is 1.96. The summed E-state index contributed by atoms with van der Waals surface area (Å²) in [6.45, 7) is 1.74. The first-order chi connectivity index (χ1) is 9.80. The van der Waals surface area contributed by atoms with Crippen LogP contribution < -0.4 is 4.74 Å². The van der Waals surface area contributed by atoms with Crippen molar-refractivity contribution < 1.29 is 27.4 Å². The van der Waals surface area contributed by atoms with Gasteiger partial charge < -0.3 is 9.47 Å². The van der Waals surface area contributed by atoms with Crippen molar-refractivity contribution in [2.24, 2.45) is 0 Å². The molecule has 4 nitrogen and oxygen atoms in total. The summed E-state index contributed by atoms with van der Waals surface area (Å²) in [6.07, 6.45) is -5.21. The minimum atomic E-state index is -4.92. The lowest BCUT2D eigenvalue weighted by molar-refractivity contribution is -0.274. The van der Waals surface area contributed by atoms with Crippen LogP contribution in [-0.4, -0.2) is 18.9 Å². The van der Waals surface area contributed by atoms with E-state index in [0.717, 1.165) is 6.07 Å². The highest BCUT2D eigenvalue weighted by atomic mass is 35.5. The van der Waals surface area contributed by atoms with Crippen molar-refractivity contribution in [2.45, 2.75) is 25.6 Å². The van der Waals surface area contributed by atoms with E-state index in [2.05, 4.69) is 4.74 Å². The number of benzene rings is 1. The molecule has 0 radical (unpaired) electrons. The van der Waals surface area contributed by atoms with Crippen molar-refractivity contribution in [1.82, 2.24) is 0 Å². The second-order valence-corrected chi connectivity index (χ2v) is 4.15. The van der Waals surface area contributed by atoms with Gasteiger partial charge in [-0.25, -0.2) is 0 Å². The maximum atomic E-state index is 12.4. The fraction of sp³-hybridized carbons (Fsp3) is 0.385. The molecular weight excluding hydrogens is 311 g/mol. The standard InChI is InChI=1S/C13H11ClF3NO3/c1-2-20-12(19)5-9-3-8(7-18)4-11(10(9)6-14)21-13(15,16)17/h3-4H,2,5-6H2,1H3. The van der Waals surface area contributed by atoms with E-state index in [4.69, 9.17) is 21.6 Å². The van der Waals surface area contributed by atoms with Crippen LogP contribution in [0.15, 0.2) is 12.1 Å². The number of hydrogen-bond acceptors (Lipinski definition) is 4. The summed E-state index contributed by atoms with van der Waals surface area (Å²) in [5.74, 6) is -1.51. The molecule has 0 saturated heterocycles. The molecule has 0 spiro atoms. The van der Waals surface area contributed by atoms with Gasteiger partial charge in [-0.15, -0.1) is 24.8 Å². The van der Waals surface area contributed by atoms with Crippen LogP contribution in [0.1, 0.15) is 23.6 Å². The van der Waals surface area contributed by atoms with Crippen LogP contribution in [0.25, 0.3) is 0 Å². The smallest absolute Gasteiger partial charge is 0.466 e. The summed E-state index contributed by atoms with van der Waals surface area (Å²) < 4.78 is 45.7. The topological polar surface area (TPSA) is 59.3 Å². The monoisotopic (exact) mass is 321 g/mol. The maximum absolute atomic E-state index is 12.4. The molecule has 0 N–H and O–H groups in total. The number of ether oxygens (including phenoxy) is 2. The van der Waals surface area contributed by atoms with Crippen LogP contribution >= 0.6 is 11.6 Å². The lowest BCUT2D eigenvalue weighted by Crippen LogP contribution is -2.19. The number of carbonyl (C=O) groups excluding carboxylic acids is 1. The van der Waals surface area contributed by atoms with Gasteiger partial charge in [-0.3, -0.25) is 4.79 Å². The molecule has 114 valence electrons. The number of alkyl halides is 4. The van der Waals surface area contributed by atoms with Gasteiger partial charge in [0.2, 0.25) is 0 Å². The van der Waals surface area contributed by atoms with Crippen molar-refractivity contribution in [2.75, 3.05) is 6.61 Å². The van der Waals surface area contributed by atoms with Crippen molar-refractivity contribution >= 4 is 17.6 Å². The Bertz CT molecular complexity index is 567. The van der Waals surface area contributed by atoms with Gasteiger partial charge in [0.05, 0.1) is 30.5 Å². The third kappa shape index (κ3) is 5.16. The summed E-state index contributed by atoms with van der Waals surface area (Å²) >= 11 is 5.64. The predicted octanol–water partition coefficient (Wildman–Crippen LogP) is 3.30. The molecule has 21 heavy (non-hydrogen) atoms. The van der Waals surface area contributed by atoms with Gasteiger partial charge in [0.25, 0.3) is 0 Å². The summed E-state index contributed by atoms with van der Waals surface area (Å²) in [4.78, 5) is 11.5. The Kier molecular flexibility index (Phi) is 5.85. The lowest BCUT2D eigenvalue weighted by Gasteiger charge is -2.15. The molecule has 0 heterocycles. The first-order valence-corrected chi connectivity index (χ1v) is 6.37. The Morgan fingerprint density at radius 1 is 1.43 bits per heavy atom. The Balaban J connectivity index is 3.25. The normalized spacial score (nSPS) is 10.9. The molecule has 1 aromatic rings. The highest BCUT2D eigenvalue weighted by Crippen LogP contribution is 2.31. The van der Waals surface area contributed by atoms with E-state index in [0.29, 0.717) is 0 Å². The molecular formula is C13H11ClF3NO3. The predicted molar refractivity (Wildman–Crippen MR) is 67.7 cm³/mol. The molecule has 0 atom stereocenters. The lowest BCUT2D eigenvalue weighted by atomic mass is 10.0. The molecule has 0 fully saturated rings. The average molecular weight is 322 g/mol. The van der Waals surface area contributed by atoms with Crippen LogP contribution in [0, 0.1) is 11.3 Å². The van der Waals surface area contributed by atoms with E-state index in [1.807, 2.05) is 0 Å². The Morgan fingerprint density at radius 2 is 2.10 bits per heavy atom. The van der Waals surface area contributed by atoms with Crippen LogP contribution in [0.4, 0.5) is 13.2 Å². The van der Waals surface area contributed by atoms with Gasteiger partial charge in [-0.1, -0.05) is 0 Å². The Labute approximate surface area is 124 Å². The number of esters is 1. The van der Waals surface area contributed by atoms with E-state index >= 15 is 0 Å². The molecule has 0 unspecified atom stereocenters. The summed E-state index contributed by atoms with van der Waals surface area (Å²) in [7, 11) is 0. The quantitative estimate of drug-likeness (QED) is 0.616. The van der Waals surface area contributed by atoms with E-state index < -0.39 is 18.1 Å². The molecule has 1 rings (SSSR count). The van der Waals surface area contributed by atoms with Gasteiger partial charge in [0.15, 0.2) is 0 Å². The fourth-order valence-electron chi connectivity index (χ4n) is 1.66. The third-order valence-corrected chi connectivity index (χ3v) is 2.70. The number of nitriles is 1. The summed E-state index contributed by atoms with van der Waals surface area (Å²) in [5, 5.41) is 8.85. The molecule has 0 aromatic heterocycles. The highest BCUT2D eigenvalue weighted by molar-refractivity contribution is 6.17. The Hall–Kier alpha value is -1.94. The van der Waals surface area contributed by atoms with Crippen molar-refractivity contribution in [1.29, 1.82) is 5.26 Å². The van der Waals surface area contributed by atoms with E-state index in [1.165, 1.54) is 6.07 Å². The Morgan fingerprint density at radius 3 is 2.57 bits per heavy atom. The molecule has 0 bridgehead atoms. The van der Waals surface area contributed by atoms with E-state index in [1.54, 1.807) is 13.0 Å². The number of rotatable bonds is 5. The molecule has 0 aliphatic carbocycles. The second kappa shape index (κ2) is 7.18. The van der Waals surface area contributed by atoms with E-state index in [-0.39, 0.29) is 35.6 Å². The van der Waals surface area contributed by atoms with Gasteiger partial charge >= 0.3 is 12.3 Å². The van der Waals surface area contributed by atoms with Crippen molar-refractivity contribution in [3.8, 4) is 11.8 Å². The maximum Gasteiger partial charge on any atom is 0.573 e. The second-order valence-electron chi connectivity index (χ2n) is 3.89. The molecule has 0 aliphatic rings. The molecule has 8 heteroatoms. The minimum absolute atomic E-state index is 0.000967. The molecule has 0 amide bonds. The van der Waals surface area contributed by atoms with Gasteiger partial charge in [0.1, 0.15) is 5.75 Å².